The number of dihydropyridines is 1. The summed E-state index contributed by atoms with van der Waals surface area (Å²) in [4.78, 5) is 23.7. The fraction of sp³-hybridized carbons (Fsp3) is 0.273. The Morgan fingerprint density at radius 3 is 2.63 bits per heavy atom. The number of hydrogen-bond acceptors (Lipinski definition) is 4. The zero-order valence-electron chi connectivity index (χ0n) is 15.4. The summed E-state index contributed by atoms with van der Waals surface area (Å²) in [6, 6.07) is 6.60. The number of nitro groups is 1. The van der Waals surface area contributed by atoms with Crippen LogP contribution in [0, 0.1) is 53.0 Å². The number of benzene rings is 1. The summed E-state index contributed by atoms with van der Waals surface area (Å²) in [6.07, 6.45) is 11.3. The van der Waals surface area contributed by atoms with Crippen LogP contribution in [0.25, 0.3) is 5.70 Å². The molecule has 5 nitrogen and oxygen atoms in total. The minimum atomic E-state index is -0.389. The Kier molecular flexibility index (Phi) is 4.41. The number of Topliss-reactive ketones (excluding diaryl/α,β-unsaturated/α-hetero) is 1. The highest BCUT2D eigenvalue weighted by molar-refractivity contribution is 6.00. The molecule has 3 aliphatic rings. The van der Waals surface area contributed by atoms with Gasteiger partial charge in [-0.3, -0.25) is 14.9 Å². The van der Waals surface area contributed by atoms with Crippen LogP contribution >= 0.6 is 0 Å². The van der Waals surface area contributed by atoms with E-state index in [1.54, 1.807) is 12.1 Å². The highest BCUT2D eigenvalue weighted by atomic mass is 16.6. The molecule has 27 heavy (non-hydrogen) atoms. The Morgan fingerprint density at radius 2 is 1.93 bits per heavy atom. The quantitative estimate of drug-likeness (QED) is 0.647. The third-order valence-corrected chi connectivity index (χ3v) is 5.27. The summed E-state index contributed by atoms with van der Waals surface area (Å²) in [6.45, 7) is 4.19. The van der Waals surface area contributed by atoms with Crippen molar-refractivity contribution < 1.29 is 9.72 Å². The molecule has 1 unspecified atom stereocenters. The molecule has 1 fully saturated rings. The maximum atomic E-state index is 12.9. The van der Waals surface area contributed by atoms with E-state index in [1.165, 1.54) is 6.07 Å². The Morgan fingerprint density at radius 1 is 1.19 bits per heavy atom. The lowest BCUT2D eigenvalue weighted by atomic mass is 9.69. The molecule has 1 heterocycles. The minimum absolute atomic E-state index is 0.0555. The fourth-order valence-corrected chi connectivity index (χ4v) is 4.08. The number of nitro benzene ring substituents is 1. The summed E-state index contributed by atoms with van der Waals surface area (Å²) < 4.78 is 0. The first-order valence-electron chi connectivity index (χ1n) is 9.06. The lowest BCUT2D eigenvalue weighted by Gasteiger charge is -2.39. The van der Waals surface area contributed by atoms with Crippen LogP contribution in [-0.4, -0.2) is 10.7 Å². The van der Waals surface area contributed by atoms with Crippen molar-refractivity contribution in [1.82, 2.24) is 5.32 Å². The van der Waals surface area contributed by atoms with Gasteiger partial charge in [-0.05, 0) is 43.4 Å². The van der Waals surface area contributed by atoms with Crippen LogP contribution in [0.1, 0.15) is 32.3 Å². The molecule has 0 amide bonds. The zero-order chi connectivity index (χ0) is 19.2. The molecule has 0 bridgehead atoms. The van der Waals surface area contributed by atoms with Gasteiger partial charge < -0.3 is 5.32 Å². The summed E-state index contributed by atoms with van der Waals surface area (Å²) in [5.41, 5.74) is 3.28. The van der Waals surface area contributed by atoms with Gasteiger partial charge in [-0.2, -0.15) is 0 Å². The van der Waals surface area contributed by atoms with Gasteiger partial charge in [-0.25, -0.2) is 0 Å². The molecule has 1 aromatic rings. The molecule has 1 aliphatic heterocycles. The van der Waals surface area contributed by atoms with Gasteiger partial charge in [0.25, 0.3) is 5.69 Å². The zero-order valence-corrected chi connectivity index (χ0v) is 15.4. The van der Waals surface area contributed by atoms with Crippen LogP contribution in [0.5, 0.6) is 0 Å². The normalized spacial score (nSPS) is 25.0. The predicted octanol–water partition coefficient (Wildman–Crippen LogP) is 4.20. The monoisotopic (exact) mass is 361 g/mol. The van der Waals surface area contributed by atoms with E-state index in [-0.39, 0.29) is 27.7 Å². The highest BCUT2D eigenvalue weighted by Crippen LogP contribution is 2.46. The average molecular weight is 361 g/mol. The van der Waals surface area contributed by atoms with Crippen molar-refractivity contribution in [3.8, 4) is 0 Å². The molecule has 1 saturated carbocycles. The van der Waals surface area contributed by atoms with Gasteiger partial charge >= 0.3 is 0 Å². The van der Waals surface area contributed by atoms with Crippen LogP contribution in [0.15, 0.2) is 41.6 Å². The maximum Gasteiger partial charge on any atom is 0.270 e. The largest absolute Gasteiger partial charge is 0.358 e. The number of rotatable bonds is 3. The van der Waals surface area contributed by atoms with E-state index >= 15 is 0 Å². The van der Waals surface area contributed by atoms with E-state index in [0.29, 0.717) is 6.42 Å². The summed E-state index contributed by atoms with van der Waals surface area (Å²) >= 11 is 0. The van der Waals surface area contributed by atoms with E-state index in [9.17, 15) is 14.9 Å². The van der Waals surface area contributed by atoms with Crippen LogP contribution in [0.3, 0.4) is 0 Å². The number of allylic oxidation sites excluding steroid dienone is 3. The molecule has 0 spiro atoms. The third-order valence-electron chi connectivity index (χ3n) is 5.27. The Hall–Kier alpha value is -2.43. The molecule has 1 N–H and O–H groups in total. The lowest BCUT2D eigenvalue weighted by Crippen LogP contribution is -2.37. The second-order valence-electron chi connectivity index (χ2n) is 8.04. The molecule has 1 atom stereocenters. The Labute approximate surface area is 159 Å². The van der Waals surface area contributed by atoms with Gasteiger partial charge in [-0.1, -0.05) is 32.1 Å². The minimum Gasteiger partial charge on any atom is -0.358 e. The van der Waals surface area contributed by atoms with Crippen molar-refractivity contribution in [3.05, 3.63) is 88.9 Å². The Balaban J connectivity index is 1.76. The predicted molar refractivity (Wildman–Crippen MR) is 103 cm³/mol. The maximum absolute atomic E-state index is 12.9. The SMILES string of the molecule is CC1(C)CC(=O)C2=C(C1)NC(c1cccc([N+](=O)[O-])c1)=CC2[C]1[CH][CH][CH][CH]1. The molecule has 4 rings (SSSR count). The molecular formula is C22H21N2O3. The molecule has 2 aliphatic carbocycles. The van der Waals surface area contributed by atoms with Gasteiger partial charge in [-0.15, -0.1) is 0 Å². The average Bonchev–Trinajstić information content (AvgIpc) is 3.14. The van der Waals surface area contributed by atoms with E-state index in [4.69, 9.17) is 0 Å². The molecule has 5 radical (unpaired) electrons. The second kappa shape index (κ2) is 6.63. The number of carbonyl (C=O) groups is 1. The van der Waals surface area contributed by atoms with Crippen molar-refractivity contribution in [2.24, 2.45) is 11.3 Å². The standard InChI is InChI=1S/C22H21N2O3/c1-22(2)12-19-21(20(25)13-22)17(14-6-3-4-7-14)11-18(23-19)15-8-5-9-16(10-15)24(26)27/h3-11,17,23H,12-13H2,1-2H3. The van der Waals surface area contributed by atoms with Crippen molar-refractivity contribution in [2.45, 2.75) is 26.7 Å². The third kappa shape index (κ3) is 3.43. The van der Waals surface area contributed by atoms with Crippen molar-refractivity contribution in [2.75, 3.05) is 0 Å². The van der Waals surface area contributed by atoms with Crippen molar-refractivity contribution in [3.63, 3.8) is 0 Å². The van der Waals surface area contributed by atoms with Gasteiger partial charge in [0.2, 0.25) is 0 Å². The summed E-state index contributed by atoms with van der Waals surface area (Å²) in [7, 11) is 0. The van der Waals surface area contributed by atoms with Gasteiger partial charge in [0.15, 0.2) is 5.78 Å². The molecule has 5 heteroatoms. The van der Waals surface area contributed by atoms with Gasteiger partial charge in [0.05, 0.1) is 4.92 Å². The van der Waals surface area contributed by atoms with Gasteiger partial charge in [0, 0.05) is 47.0 Å². The van der Waals surface area contributed by atoms with E-state index in [0.717, 1.165) is 34.9 Å². The van der Waals surface area contributed by atoms with Gasteiger partial charge in [0.1, 0.15) is 0 Å². The van der Waals surface area contributed by atoms with E-state index in [1.807, 2.05) is 37.8 Å². The first-order chi connectivity index (χ1) is 12.8. The number of nitrogens with zero attached hydrogens (tertiary/aromatic N) is 1. The van der Waals surface area contributed by atoms with Crippen molar-refractivity contribution >= 4 is 17.2 Å². The molecule has 137 valence electrons. The van der Waals surface area contributed by atoms with Crippen LogP contribution in [-0.2, 0) is 4.79 Å². The smallest absolute Gasteiger partial charge is 0.270 e. The number of hydrogen-bond donors (Lipinski definition) is 1. The second-order valence-corrected chi connectivity index (χ2v) is 8.04. The molecule has 1 aromatic carbocycles. The lowest BCUT2D eigenvalue weighted by molar-refractivity contribution is -0.384. The molecule has 0 saturated heterocycles. The van der Waals surface area contributed by atoms with E-state index in [2.05, 4.69) is 19.2 Å². The fourth-order valence-electron chi connectivity index (χ4n) is 4.08. The van der Waals surface area contributed by atoms with Crippen LogP contribution in [0.4, 0.5) is 5.69 Å². The first kappa shape index (κ1) is 18.0. The first-order valence-corrected chi connectivity index (χ1v) is 9.06. The van der Waals surface area contributed by atoms with E-state index < -0.39 is 0 Å². The molecular weight excluding hydrogens is 340 g/mol. The molecule has 0 aromatic heterocycles. The highest BCUT2D eigenvalue weighted by Gasteiger charge is 2.41. The Bertz CT molecular complexity index is 860. The van der Waals surface area contributed by atoms with Crippen LogP contribution < -0.4 is 5.32 Å². The number of ketones is 1. The summed E-state index contributed by atoms with van der Waals surface area (Å²) in [5.74, 6) is 1.11. The van der Waals surface area contributed by atoms with Crippen LogP contribution in [0.2, 0.25) is 0 Å². The number of carbonyl (C=O) groups excluding carboxylic acids is 1. The number of non-ortho nitro benzene ring substituents is 1. The topological polar surface area (TPSA) is 72.2 Å². The summed E-state index contributed by atoms with van der Waals surface area (Å²) in [5, 5.41) is 14.6. The number of nitrogens with one attached hydrogen (secondary N) is 1. The van der Waals surface area contributed by atoms with Crippen molar-refractivity contribution in [1.29, 1.82) is 0 Å².